The van der Waals surface area contributed by atoms with Crippen LogP contribution in [0.5, 0.6) is 0 Å². The molecule has 2 nitrogen and oxygen atoms in total. The van der Waals surface area contributed by atoms with Crippen molar-refractivity contribution in [1.29, 1.82) is 5.41 Å². The Morgan fingerprint density at radius 1 is 1.00 bits per heavy atom. The van der Waals surface area contributed by atoms with Crippen LogP contribution in [0.15, 0.2) is 66.7 Å². The first kappa shape index (κ1) is 16.9. The molecule has 3 rings (SSSR count). The fourth-order valence-corrected chi connectivity index (χ4v) is 2.62. The molecule has 0 aliphatic carbocycles. The van der Waals surface area contributed by atoms with Crippen LogP contribution in [0, 0.1) is 5.41 Å². The van der Waals surface area contributed by atoms with Crippen LogP contribution in [0.25, 0.3) is 27.6 Å². The highest BCUT2D eigenvalue weighted by Gasteiger charge is 2.32. The lowest BCUT2D eigenvalue weighted by Gasteiger charge is -2.11. The Morgan fingerprint density at radius 3 is 2.32 bits per heavy atom. The van der Waals surface area contributed by atoms with E-state index in [4.69, 9.17) is 5.41 Å². The number of benzene rings is 2. The molecule has 3 aromatic rings. The molecule has 1 heterocycles. The van der Waals surface area contributed by atoms with E-state index in [1.165, 1.54) is 0 Å². The van der Waals surface area contributed by atoms with Gasteiger partial charge in [-0.2, -0.15) is 13.2 Å². The van der Waals surface area contributed by atoms with E-state index < -0.39 is 11.9 Å². The molecule has 126 valence electrons. The van der Waals surface area contributed by atoms with Gasteiger partial charge < -0.3 is 0 Å². The standard InChI is InChI=1S/C20H15F3N2/c1-13(11-18(24)20(21,22)23)19-16-10-6-5-9-15(16)12-17(25-19)14-7-3-2-4-8-14/h2-12,24H,1H3/b13-11+,24-18?. The predicted octanol–water partition coefficient (Wildman–Crippen LogP) is 5.89. The molecule has 0 saturated carbocycles. The molecule has 0 radical (unpaired) electrons. The number of hydrogen-bond donors (Lipinski definition) is 1. The minimum absolute atomic E-state index is 0.302. The Balaban J connectivity index is 2.20. The molecular weight excluding hydrogens is 325 g/mol. The van der Waals surface area contributed by atoms with Gasteiger partial charge in [-0.3, -0.25) is 5.41 Å². The van der Waals surface area contributed by atoms with E-state index in [0.717, 1.165) is 22.4 Å². The Bertz CT molecular complexity index is 958. The molecule has 0 spiro atoms. The van der Waals surface area contributed by atoms with Gasteiger partial charge in [0.05, 0.1) is 11.4 Å². The van der Waals surface area contributed by atoms with Gasteiger partial charge in [0.15, 0.2) is 0 Å². The molecule has 5 heteroatoms. The molecule has 0 aliphatic rings. The summed E-state index contributed by atoms with van der Waals surface area (Å²) in [6, 6.07) is 18.8. The summed E-state index contributed by atoms with van der Waals surface area (Å²) in [7, 11) is 0. The molecule has 0 unspecified atom stereocenters. The van der Waals surface area contributed by atoms with Gasteiger partial charge in [0.25, 0.3) is 0 Å². The summed E-state index contributed by atoms with van der Waals surface area (Å²) in [5, 5.41) is 8.86. The van der Waals surface area contributed by atoms with E-state index in [1.54, 1.807) is 6.92 Å². The van der Waals surface area contributed by atoms with Crippen LogP contribution in [0.4, 0.5) is 13.2 Å². The number of nitrogens with zero attached hydrogens (tertiary/aromatic N) is 1. The molecule has 0 bridgehead atoms. The van der Waals surface area contributed by atoms with Crippen molar-refractivity contribution in [2.75, 3.05) is 0 Å². The normalized spacial score (nSPS) is 12.4. The zero-order valence-corrected chi connectivity index (χ0v) is 13.4. The van der Waals surface area contributed by atoms with Gasteiger partial charge in [0, 0.05) is 10.9 Å². The number of aromatic nitrogens is 1. The van der Waals surface area contributed by atoms with E-state index in [-0.39, 0.29) is 0 Å². The predicted molar refractivity (Wildman–Crippen MR) is 94.6 cm³/mol. The molecule has 2 aromatic carbocycles. The van der Waals surface area contributed by atoms with Crippen molar-refractivity contribution in [3.05, 3.63) is 72.4 Å². The lowest BCUT2D eigenvalue weighted by molar-refractivity contribution is -0.0583. The highest BCUT2D eigenvalue weighted by molar-refractivity contribution is 6.04. The van der Waals surface area contributed by atoms with E-state index in [2.05, 4.69) is 4.98 Å². The molecule has 0 fully saturated rings. The van der Waals surface area contributed by atoms with Gasteiger partial charge in [-0.1, -0.05) is 54.6 Å². The molecule has 0 saturated heterocycles. The number of rotatable bonds is 3. The number of allylic oxidation sites excluding steroid dienone is 2. The van der Waals surface area contributed by atoms with Crippen LogP contribution in [0.2, 0.25) is 0 Å². The van der Waals surface area contributed by atoms with Gasteiger partial charge in [-0.05, 0) is 30.0 Å². The number of alkyl halides is 3. The fourth-order valence-electron chi connectivity index (χ4n) is 2.62. The minimum atomic E-state index is -4.67. The van der Waals surface area contributed by atoms with Crippen LogP contribution in [0.1, 0.15) is 12.6 Å². The van der Waals surface area contributed by atoms with Crippen LogP contribution < -0.4 is 0 Å². The third kappa shape index (κ3) is 3.60. The molecule has 0 amide bonds. The topological polar surface area (TPSA) is 36.7 Å². The molecule has 0 atom stereocenters. The first-order chi connectivity index (χ1) is 11.9. The van der Waals surface area contributed by atoms with Crippen molar-refractivity contribution in [2.24, 2.45) is 0 Å². The average Bonchev–Trinajstić information content (AvgIpc) is 2.60. The minimum Gasteiger partial charge on any atom is -0.296 e. The van der Waals surface area contributed by atoms with Gasteiger partial charge in [-0.15, -0.1) is 0 Å². The van der Waals surface area contributed by atoms with Crippen molar-refractivity contribution in [3.8, 4) is 11.3 Å². The number of hydrogen-bond acceptors (Lipinski definition) is 2. The summed E-state index contributed by atoms with van der Waals surface area (Å²) in [5.74, 6) is 0. The molecule has 25 heavy (non-hydrogen) atoms. The second-order valence-corrected chi connectivity index (χ2v) is 5.68. The summed E-state index contributed by atoms with van der Waals surface area (Å²) >= 11 is 0. The summed E-state index contributed by atoms with van der Waals surface area (Å²) < 4.78 is 38.1. The number of nitrogens with one attached hydrogen (secondary N) is 1. The first-order valence-corrected chi connectivity index (χ1v) is 7.66. The molecule has 1 N–H and O–H groups in total. The van der Waals surface area contributed by atoms with E-state index in [0.29, 0.717) is 17.0 Å². The third-order valence-electron chi connectivity index (χ3n) is 3.85. The Morgan fingerprint density at radius 2 is 1.64 bits per heavy atom. The molecular formula is C20H15F3N2. The van der Waals surface area contributed by atoms with Crippen molar-refractivity contribution >= 4 is 22.1 Å². The monoisotopic (exact) mass is 340 g/mol. The van der Waals surface area contributed by atoms with E-state index in [1.807, 2.05) is 60.7 Å². The van der Waals surface area contributed by atoms with Gasteiger partial charge >= 0.3 is 6.18 Å². The van der Waals surface area contributed by atoms with Gasteiger partial charge in [-0.25, -0.2) is 4.98 Å². The Hall–Kier alpha value is -2.95. The van der Waals surface area contributed by atoms with Crippen LogP contribution in [0.3, 0.4) is 0 Å². The second kappa shape index (κ2) is 6.51. The third-order valence-corrected chi connectivity index (χ3v) is 3.85. The maximum atomic E-state index is 12.7. The highest BCUT2D eigenvalue weighted by Crippen LogP contribution is 2.29. The zero-order chi connectivity index (χ0) is 18.0. The quantitative estimate of drug-likeness (QED) is 0.593. The summed E-state index contributed by atoms with van der Waals surface area (Å²) in [6.45, 7) is 1.55. The van der Waals surface area contributed by atoms with Crippen LogP contribution in [-0.2, 0) is 0 Å². The SMILES string of the molecule is C/C(=C\C(=N)C(F)(F)F)c1nc(-c2ccccc2)cc2ccccc12. The largest absolute Gasteiger partial charge is 0.432 e. The average molecular weight is 340 g/mol. The summed E-state index contributed by atoms with van der Waals surface area (Å²) in [4.78, 5) is 4.57. The number of fused-ring (bicyclic) bond motifs is 1. The highest BCUT2D eigenvalue weighted by atomic mass is 19.4. The smallest absolute Gasteiger partial charge is 0.296 e. The Labute approximate surface area is 143 Å². The molecule has 0 aliphatic heterocycles. The van der Waals surface area contributed by atoms with Crippen molar-refractivity contribution in [2.45, 2.75) is 13.1 Å². The maximum absolute atomic E-state index is 12.7. The second-order valence-electron chi connectivity index (χ2n) is 5.68. The number of halogens is 3. The molecule has 1 aromatic heterocycles. The van der Waals surface area contributed by atoms with E-state index in [9.17, 15) is 13.2 Å². The van der Waals surface area contributed by atoms with Crippen LogP contribution >= 0.6 is 0 Å². The van der Waals surface area contributed by atoms with Gasteiger partial charge in [0.2, 0.25) is 0 Å². The maximum Gasteiger partial charge on any atom is 0.432 e. The lowest BCUT2D eigenvalue weighted by Crippen LogP contribution is -2.19. The number of pyridine rings is 1. The zero-order valence-electron chi connectivity index (χ0n) is 13.4. The summed E-state index contributed by atoms with van der Waals surface area (Å²) in [5.41, 5.74) is 0.928. The summed E-state index contributed by atoms with van der Waals surface area (Å²) in [6.07, 6.45) is -3.85. The fraction of sp³-hybridized carbons (Fsp3) is 0.100. The van der Waals surface area contributed by atoms with Crippen LogP contribution in [-0.4, -0.2) is 16.9 Å². The van der Waals surface area contributed by atoms with Crippen molar-refractivity contribution < 1.29 is 13.2 Å². The van der Waals surface area contributed by atoms with Gasteiger partial charge in [0.1, 0.15) is 5.71 Å². The van der Waals surface area contributed by atoms with E-state index >= 15 is 0 Å². The van der Waals surface area contributed by atoms with Crippen molar-refractivity contribution in [1.82, 2.24) is 4.98 Å². The van der Waals surface area contributed by atoms with Crippen molar-refractivity contribution in [3.63, 3.8) is 0 Å². The lowest BCUT2D eigenvalue weighted by atomic mass is 10.0. The Kier molecular flexibility index (Phi) is 4.40. The first-order valence-electron chi connectivity index (χ1n) is 7.66.